The van der Waals surface area contributed by atoms with Crippen LogP contribution in [0.5, 0.6) is 5.75 Å². The highest BCUT2D eigenvalue weighted by atomic mass is 32.1. The molecule has 2 aromatic heterocycles. The molecule has 0 atom stereocenters. The van der Waals surface area contributed by atoms with Gasteiger partial charge in [-0.3, -0.25) is 4.79 Å². The number of hydrogen-bond donors (Lipinski definition) is 0. The third kappa shape index (κ3) is 4.26. The summed E-state index contributed by atoms with van der Waals surface area (Å²) in [5.41, 5.74) is 0.940. The van der Waals surface area contributed by atoms with Gasteiger partial charge in [-0.25, -0.2) is 0 Å². The van der Waals surface area contributed by atoms with Gasteiger partial charge in [-0.05, 0) is 41.3 Å². The Bertz CT molecular complexity index is 730. The van der Waals surface area contributed by atoms with E-state index in [1.165, 1.54) is 0 Å². The second kappa shape index (κ2) is 7.84. The highest BCUT2D eigenvalue weighted by Gasteiger charge is 2.17. The van der Waals surface area contributed by atoms with Crippen molar-refractivity contribution >= 4 is 17.2 Å². The lowest BCUT2D eigenvalue weighted by molar-refractivity contribution is -0.131. The first kappa shape index (κ1) is 16.3. The van der Waals surface area contributed by atoms with Crippen molar-refractivity contribution in [1.29, 1.82) is 0 Å². The van der Waals surface area contributed by atoms with E-state index in [2.05, 4.69) is 0 Å². The third-order valence-corrected chi connectivity index (χ3v) is 4.56. The number of thiophene rings is 1. The SMILES string of the molecule is COc1cccc(CC(=O)N(Cc2ccco2)Cc2cccs2)c1. The van der Waals surface area contributed by atoms with Gasteiger partial charge in [0.25, 0.3) is 0 Å². The molecule has 24 heavy (non-hydrogen) atoms. The molecule has 0 fully saturated rings. The number of nitrogens with zero attached hydrogens (tertiary/aromatic N) is 1. The zero-order valence-electron chi connectivity index (χ0n) is 13.5. The van der Waals surface area contributed by atoms with E-state index in [9.17, 15) is 4.79 Å². The molecule has 0 N–H and O–H groups in total. The first-order valence-corrected chi connectivity index (χ1v) is 8.58. The predicted octanol–water partition coefficient (Wildman–Crippen LogP) is 4.12. The second-order valence-corrected chi connectivity index (χ2v) is 6.47. The number of ether oxygens (including phenoxy) is 1. The summed E-state index contributed by atoms with van der Waals surface area (Å²) in [6.45, 7) is 1.05. The van der Waals surface area contributed by atoms with Gasteiger partial charge in [-0.15, -0.1) is 11.3 Å². The van der Waals surface area contributed by atoms with Crippen molar-refractivity contribution in [2.75, 3.05) is 7.11 Å². The lowest BCUT2D eigenvalue weighted by Crippen LogP contribution is -2.31. The standard InChI is InChI=1S/C19H19NO3S/c1-22-16-6-2-5-15(11-16)12-19(21)20(13-17-7-3-9-23-17)14-18-8-4-10-24-18/h2-11H,12-14H2,1H3. The van der Waals surface area contributed by atoms with Crippen LogP contribution in [0, 0.1) is 0 Å². The Labute approximate surface area is 145 Å². The highest BCUT2D eigenvalue weighted by molar-refractivity contribution is 7.09. The third-order valence-electron chi connectivity index (χ3n) is 3.70. The van der Waals surface area contributed by atoms with E-state index in [1.807, 2.05) is 58.8 Å². The number of amides is 1. The van der Waals surface area contributed by atoms with Crippen molar-refractivity contribution in [1.82, 2.24) is 4.90 Å². The first-order chi connectivity index (χ1) is 11.7. The quantitative estimate of drug-likeness (QED) is 0.649. The second-order valence-electron chi connectivity index (χ2n) is 5.44. The van der Waals surface area contributed by atoms with Crippen LogP contribution in [0.2, 0.25) is 0 Å². The Morgan fingerprint density at radius 1 is 1.17 bits per heavy atom. The molecule has 0 aliphatic rings. The average molecular weight is 341 g/mol. The van der Waals surface area contributed by atoms with Crippen molar-refractivity contribution in [3.05, 3.63) is 76.4 Å². The molecule has 0 saturated heterocycles. The fraction of sp³-hybridized carbons (Fsp3) is 0.211. The Balaban J connectivity index is 1.74. The van der Waals surface area contributed by atoms with E-state index in [-0.39, 0.29) is 5.91 Å². The van der Waals surface area contributed by atoms with Gasteiger partial charge < -0.3 is 14.1 Å². The summed E-state index contributed by atoms with van der Waals surface area (Å²) in [5.74, 6) is 1.61. The summed E-state index contributed by atoms with van der Waals surface area (Å²) >= 11 is 1.65. The van der Waals surface area contributed by atoms with E-state index in [0.717, 1.165) is 22.0 Å². The summed E-state index contributed by atoms with van der Waals surface area (Å²) in [4.78, 5) is 15.8. The first-order valence-electron chi connectivity index (χ1n) is 7.70. The van der Waals surface area contributed by atoms with Crippen LogP contribution in [0.4, 0.5) is 0 Å². The van der Waals surface area contributed by atoms with Gasteiger partial charge in [0, 0.05) is 4.88 Å². The van der Waals surface area contributed by atoms with Crippen molar-refractivity contribution < 1.29 is 13.9 Å². The molecule has 1 amide bonds. The molecule has 0 aliphatic heterocycles. The Morgan fingerprint density at radius 3 is 2.79 bits per heavy atom. The van der Waals surface area contributed by atoms with E-state index >= 15 is 0 Å². The molecule has 5 heteroatoms. The van der Waals surface area contributed by atoms with Crippen molar-refractivity contribution in [3.8, 4) is 5.75 Å². The van der Waals surface area contributed by atoms with Crippen LogP contribution in [0.25, 0.3) is 0 Å². The van der Waals surface area contributed by atoms with Gasteiger partial charge in [0.05, 0.1) is 32.9 Å². The van der Waals surface area contributed by atoms with Gasteiger partial charge in [-0.1, -0.05) is 18.2 Å². The number of furan rings is 1. The van der Waals surface area contributed by atoms with Crippen LogP contribution >= 0.6 is 11.3 Å². The van der Waals surface area contributed by atoms with E-state index in [4.69, 9.17) is 9.15 Å². The predicted molar refractivity (Wildman–Crippen MR) is 94.0 cm³/mol. The molecule has 0 aliphatic carbocycles. The topological polar surface area (TPSA) is 42.7 Å². The molecule has 0 saturated carbocycles. The molecule has 3 rings (SSSR count). The molecule has 0 bridgehead atoms. The summed E-state index contributed by atoms with van der Waals surface area (Å²) in [5, 5.41) is 2.02. The Morgan fingerprint density at radius 2 is 2.08 bits per heavy atom. The van der Waals surface area contributed by atoms with Gasteiger partial charge in [0.1, 0.15) is 11.5 Å². The monoisotopic (exact) mass is 341 g/mol. The average Bonchev–Trinajstić information content (AvgIpc) is 3.28. The van der Waals surface area contributed by atoms with E-state index in [0.29, 0.717) is 19.5 Å². The number of methoxy groups -OCH3 is 1. The summed E-state index contributed by atoms with van der Waals surface area (Å²) in [7, 11) is 1.63. The van der Waals surface area contributed by atoms with Crippen molar-refractivity contribution in [2.24, 2.45) is 0 Å². The summed E-state index contributed by atoms with van der Waals surface area (Å²) < 4.78 is 10.6. The smallest absolute Gasteiger partial charge is 0.227 e. The zero-order chi connectivity index (χ0) is 16.8. The van der Waals surface area contributed by atoms with Gasteiger partial charge in [0.2, 0.25) is 5.91 Å². The normalized spacial score (nSPS) is 10.5. The molecule has 3 aromatic rings. The fourth-order valence-corrected chi connectivity index (χ4v) is 3.20. The lowest BCUT2D eigenvalue weighted by atomic mass is 10.1. The molecule has 2 heterocycles. The minimum atomic E-state index is 0.0630. The van der Waals surface area contributed by atoms with Crippen LogP contribution in [-0.4, -0.2) is 17.9 Å². The maximum Gasteiger partial charge on any atom is 0.227 e. The molecule has 0 radical (unpaired) electrons. The van der Waals surface area contributed by atoms with Crippen LogP contribution in [-0.2, 0) is 24.3 Å². The number of hydrogen-bond acceptors (Lipinski definition) is 4. The molecule has 0 unspecified atom stereocenters. The number of carbonyl (C=O) groups excluding carboxylic acids is 1. The van der Waals surface area contributed by atoms with E-state index < -0.39 is 0 Å². The largest absolute Gasteiger partial charge is 0.497 e. The lowest BCUT2D eigenvalue weighted by Gasteiger charge is -2.21. The minimum absolute atomic E-state index is 0.0630. The molecular weight excluding hydrogens is 322 g/mol. The van der Waals surface area contributed by atoms with Crippen LogP contribution in [0.1, 0.15) is 16.2 Å². The molecule has 1 aromatic carbocycles. The van der Waals surface area contributed by atoms with Crippen LogP contribution < -0.4 is 4.74 Å². The molecule has 0 spiro atoms. The maximum atomic E-state index is 12.8. The molecule has 4 nitrogen and oxygen atoms in total. The Hall–Kier alpha value is -2.53. The van der Waals surface area contributed by atoms with Gasteiger partial charge >= 0.3 is 0 Å². The van der Waals surface area contributed by atoms with E-state index in [1.54, 1.807) is 24.7 Å². The van der Waals surface area contributed by atoms with Gasteiger partial charge in [-0.2, -0.15) is 0 Å². The van der Waals surface area contributed by atoms with Gasteiger partial charge in [0.15, 0.2) is 0 Å². The maximum absolute atomic E-state index is 12.8. The van der Waals surface area contributed by atoms with Crippen molar-refractivity contribution in [2.45, 2.75) is 19.5 Å². The molecular formula is C19H19NO3S. The van der Waals surface area contributed by atoms with Crippen molar-refractivity contribution in [3.63, 3.8) is 0 Å². The minimum Gasteiger partial charge on any atom is -0.497 e. The summed E-state index contributed by atoms with van der Waals surface area (Å²) in [6, 6.07) is 15.4. The highest BCUT2D eigenvalue weighted by Crippen LogP contribution is 2.18. The Kier molecular flexibility index (Phi) is 5.33. The number of rotatable bonds is 7. The van der Waals surface area contributed by atoms with Crippen LogP contribution in [0.3, 0.4) is 0 Å². The number of carbonyl (C=O) groups is 1. The number of benzene rings is 1. The molecule has 124 valence electrons. The zero-order valence-corrected chi connectivity index (χ0v) is 14.3. The fourth-order valence-electron chi connectivity index (χ4n) is 2.48. The summed E-state index contributed by atoms with van der Waals surface area (Å²) in [6.07, 6.45) is 1.97. The van der Waals surface area contributed by atoms with Crippen LogP contribution in [0.15, 0.2) is 64.6 Å².